The maximum atomic E-state index is 13.5. The molecule has 0 N–H and O–H groups in total. The van der Waals surface area contributed by atoms with Gasteiger partial charge in [0.2, 0.25) is 11.7 Å². The summed E-state index contributed by atoms with van der Waals surface area (Å²) in [6.45, 7) is 7.29. The van der Waals surface area contributed by atoms with Crippen LogP contribution in [0, 0.1) is 20.8 Å². The van der Waals surface area contributed by atoms with Gasteiger partial charge in [0, 0.05) is 18.4 Å². The van der Waals surface area contributed by atoms with Crippen molar-refractivity contribution in [1.29, 1.82) is 0 Å². The highest BCUT2D eigenvalue weighted by Crippen LogP contribution is 2.35. The third kappa shape index (κ3) is 4.68. The fourth-order valence-corrected chi connectivity index (χ4v) is 5.09. The highest BCUT2D eigenvalue weighted by atomic mass is 32.2. The lowest BCUT2D eigenvalue weighted by Crippen LogP contribution is -2.15. The maximum Gasteiger partial charge on any atom is 0.344 e. The van der Waals surface area contributed by atoms with Gasteiger partial charge in [-0.05, 0) is 51.5 Å². The number of sulfone groups is 1. The third-order valence-corrected chi connectivity index (χ3v) is 6.65. The van der Waals surface area contributed by atoms with E-state index in [4.69, 9.17) is 9.47 Å². The van der Waals surface area contributed by atoms with E-state index in [0.29, 0.717) is 23.2 Å². The summed E-state index contributed by atoms with van der Waals surface area (Å²) in [6, 6.07) is 8.34. The lowest BCUT2D eigenvalue weighted by Gasteiger charge is -2.16. The van der Waals surface area contributed by atoms with Gasteiger partial charge in [0.15, 0.2) is 9.84 Å². The van der Waals surface area contributed by atoms with E-state index in [1.807, 2.05) is 6.92 Å². The molecule has 174 valence electrons. The van der Waals surface area contributed by atoms with Crippen LogP contribution >= 0.6 is 0 Å². The largest absolute Gasteiger partial charge is 0.496 e. The summed E-state index contributed by atoms with van der Waals surface area (Å²) >= 11 is 0. The maximum absolute atomic E-state index is 13.5. The highest BCUT2D eigenvalue weighted by molar-refractivity contribution is 7.90. The van der Waals surface area contributed by atoms with Gasteiger partial charge in [-0.25, -0.2) is 17.9 Å². The number of hydrogen-bond acceptors (Lipinski definition) is 7. The minimum Gasteiger partial charge on any atom is -0.496 e. The molecule has 0 bridgehead atoms. The second-order valence-corrected chi connectivity index (χ2v) is 9.72. The summed E-state index contributed by atoms with van der Waals surface area (Å²) in [5, 5.41) is 4.18. The number of nitrogens with zero attached hydrogens (tertiary/aromatic N) is 2. The van der Waals surface area contributed by atoms with Crippen LogP contribution < -0.4 is 9.47 Å². The van der Waals surface area contributed by atoms with Gasteiger partial charge in [-0.3, -0.25) is 4.79 Å². The third-order valence-electron chi connectivity index (χ3n) is 5.28. The number of hydrogen-bond donors (Lipinski definition) is 0. The molecule has 9 heteroatoms. The number of carbonyl (C=O) groups is 2. The van der Waals surface area contributed by atoms with E-state index in [1.54, 1.807) is 45.0 Å². The quantitative estimate of drug-likeness (QED) is 0.383. The number of aromatic nitrogens is 2. The van der Waals surface area contributed by atoms with Crippen molar-refractivity contribution >= 4 is 21.6 Å². The lowest BCUT2D eigenvalue weighted by molar-refractivity contribution is 0.0716. The molecule has 3 aromatic rings. The minimum atomic E-state index is -3.54. The Morgan fingerprint density at radius 3 is 2.24 bits per heavy atom. The SMILES string of the molecule is CCn1ncc(C(=O)c2cc(C)c(S(C)(=O)=O)c(C)c2OC)c1OC(=O)c1ccc(C)cc1. The zero-order valence-electron chi connectivity index (χ0n) is 19.4. The van der Waals surface area contributed by atoms with Crippen LogP contribution in [-0.4, -0.2) is 43.3 Å². The van der Waals surface area contributed by atoms with Crippen molar-refractivity contribution in [1.82, 2.24) is 9.78 Å². The highest BCUT2D eigenvalue weighted by Gasteiger charge is 2.28. The van der Waals surface area contributed by atoms with Gasteiger partial charge in [-0.15, -0.1) is 0 Å². The van der Waals surface area contributed by atoms with Gasteiger partial charge in [-0.1, -0.05) is 17.7 Å². The van der Waals surface area contributed by atoms with Crippen LogP contribution in [0.4, 0.5) is 0 Å². The van der Waals surface area contributed by atoms with E-state index in [1.165, 1.54) is 24.1 Å². The summed E-state index contributed by atoms with van der Waals surface area (Å²) in [6.07, 6.45) is 2.44. The van der Waals surface area contributed by atoms with Crippen LogP contribution in [0.15, 0.2) is 41.4 Å². The number of methoxy groups -OCH3 is 1. The number of rotatable bonds is 7. The van der Waals surface area contributed by atoms with Crippen molar-refractivity contribution < 1.29 is 27.5 Å². The number of ether oxygens (including phenoxy) is 2. The topological polar surface area (TPSA) is 105 Å². The molecule has 2 aromatic carbocycles. The molecular weight excluding hydrogens is 444 g/mol. The smallest absolute Gasteiger partial charge is 0.344 e. The fraction of sp³-hybridized carbons (Fsp3) is 0.292. The van der Waals surface area contributed by atoms with Crippen LogP contribution in [0.2, 0.25) is 0 Å². The Kier molecular flexibility index (Phi) is 6.73. The number of benzene rings is 2. The van der Waals surface area contributed by atoms with Crippen LogP contribution in [0.5, 0.6) is 11.6 Å². The van der Waals surface area contributed by atoms with Crippen LogP contribution in [-0.2, 0) is 16.4 Å². The van der Waals surface area contributed by atoms with Crippen molar-refractivity contribution in [3.05, 3.63) is 69.9 Å². The monoisotopic (exact) mass is 470 g/mol. The molecule has 0 aliphatic rings. The molecular formula is C24H26N2O6S. The molecule has 0 atom stereocenters. The molecule has 8 nitrogen and oxygen atoms in total. The molecule has 1 heterocycles. The molecule has 0 radical (unpaired) electrons. The molecule has 33 heavy (non-hydrogen) atoms. The van der Waals surface area contributed by atoms with E-state index in [9.17, 15) is 18.0 Å². The molecule has 1 aromatic heterocycles. The molecule has 0 spiro atoms. The molecule has 0 saturated carbocycles. The first kappa shape index (κ1) is 24.2. The molecule has 0 saturated heterocycles. The summed E-state index contributed by atoms with van der Waals surface area (Å²) in [5.41, 5.74) is 2.32. The number of aryl methyl sites for hydroxylation is 3. The minimum absolute atomic E-state index is 0.0117. The average Bonchev–Trinajstić information content (AvgIpc) is 3.14. The van der Waals surface area contributed by atoms with Crippen molar-refractivity contribution in [2.75, 3.05) is 13.4 Å². The Bertz CT molecular complexity index is 1340. The van der Waals surface area contributed by atoms with Gasteiger partial charge in [-0.2, -0.15) is 5.10 Å². The van der Waals surface area contributed by atoms with Crippen molar-refractivity contribution in [3.63, 3.8) is 0 Å². The number of carbonyl (C=O) groups excluding carboxylic acids is 2. The first-order chi connectivity index (χ1) is 15.5. The van der Waals surface area contributed by atoms with E-state index >= 15 is 0 Å². The Morgan fingerprint density at radius 1 is 1.06 bits per heavy atom. The van der Waals surface area contributed by atoms with Crippen LogP contribution in [0.25, 0.3) is 0 Å². The van der Waals surface area contributed by atoms with Crippen molar-refractivity contribution in [2.24, 2.45) is 0 Å². The Labute approximate surface area is 193 Å². The van der Waals surface area contributed by atoms with E-state index < -0.39 is 21.6 Å². The van der Waals surface area contributed by atoms with E-state index in [0.717, 1.165) is 11.8 Å². The van der Waals surface area contributed by atoms with E-state index in [2.05, 4.69) is 5.10 Å². The first-order valence-electron chi connectivity index (χ1n) is 10.3. The second-order valence-electron chi connectivity index (χ2n) is 7.76. The molecule has 0 aliphatic carbocycles. The number of ketones is 1. The second kappa shape index (κ2) is 9.19. The predicted octanol–water partition coefficient (Wildman–Crippen LogP) is 3.69. The summed E-state index contributed by atoms with van der Waals surface area (Å²) < 4.78 is 36.9. The van der Waals surface area contributed by atoms with Crippen molar-refractivity contribution in [3.8, 4) is 11.6 Å². The fourth-order valence-electron chi connectivity index (χ4n) is 3.79. The molecule has 0 amide bonds. The van der Waals surface area contributed by atoms with Crippen molar-refractivity contribution in [2.45, 2.75) is 39.1 Å². The van der Waals surface area contributed by atoms with Gasteiger partial charge >= 0.3 is 5.97 Å². The van der Waals surface area contributed by atoms with Crippen LogP contribution in [0.1, 0.15) is 49.9 Å². The zero-order valence-corrected chi connectivity index (χ0v) is 20.2. The molecule has 3 rings (SSSR count). The number of esters is 1. The zero-order chi connectivity index (χ0) is 24.5. The Hall–Kier alpha value is -3.46. The van der Waals surface area contributed by atoms with Gasteiger partial charge in [0.25, 0.3) is 0 Å². The summed E-state index contributed by atoms with van der Waals surface area (Å²) in [7, 11) is -2.17. The predicted molar refractivity (Wildman–Crippen MR) is 123 cm³/mol. The molecule has 0 unspecified atom stereocenters. The van der Waals surface area contributed by atoms with Crippen LogP contribution in [0.3, 0.4) is 0 Å². The Balaban J connectivity index is 2.10. The standard InChI is InChI=1S/C24H26N2O6S/c1-7-26-23(32-24(28)17-10-8-14(2)9-11-17)19(13-25-26)20(27)18-12-15(3)22(33(6,29)30)16(4)21(18)31-5/h8-13H,7H2,1-6H3. The molecule has 0 aliphatic heterocycles. The van der Waals surface area contributed by atoms with Gasteiger partial charge in [0.05, 0.1) is 29.3 Å². The lowest BCUT2D eigenvalue weighted by atomic mass is 9.99. The Morgan fingerprint density at radius 2 is 1.70 bits per heavy atom. The van der Waals surface area contributed by atoms with E-state index in [-0.39, 0.29) is 27.7 Å². The first-order valence-corrected chi connectivity index (χ1v) is 12.2. The van der Waals surface area contributed by atoms with Gasteiger partial charge < -0.3 is 9.47 Å². The summed E-state index contributed by atoms with van der Waals surface area (Å²) in [4.78, 5) is 26.4. The average molecular weight is 471 g/mol. The normalized spacial score (nSPS) is 11.3. The van der Waals surface area contributed by atoms with Gasteiger partial charge in [0.1, 0.15) is 11.3 Å². The molecule has 0 fully saturated rings. The summed E-state index contributed by atoms with van der Waals surface area (Å²) in [5.74, 6) is -0.959.